The van der Waals surface area contributed by atoms with Gasteiger partial charge in [0.15, 0.2) is 0 Å². The zero-order chi connectivity index (χ0) is 23.5. The SMILES string of the molecule is Cc1cc(C)cc(C([NH-])=O)c1.[Cl-].[Cl-].[Hf+4].c1ccc([Si]c2ccccc2)cc1.c1ccc2[cH-]ccc2c1. The number of carbonyl (C=O) groups is 1. The smallest absolute Gasteiger partial charge is 1.00 e. The molecule has 0 heterocycles. The third-order valence-electron chi connectivity index (χ3n) is 4.87. The second kappa shape index (κ2) is 18.0. The van der Waals surface area contributed by atoms with E-state index < -0.39 is 5.91 Å². The molecule has 1 amide bonds. The van der Waals surface area contributed by atoms with Crippen LogP contribution in [-0.4, -0.2) is 15.4 Å². The molecule has 6 heteroatoms. The van der Waals surface area contributed by atoms with Gasteiger partial charge in [-0.15, -0.1) is 29.7 Å². The number of fused-ring (bicyclic) bond motifs is 1. The minimum absolute atomic E-state index is 0. The van der Waals surface area contributed by atoms with Gasteiger partial charge < -0.3 is 35.3 Å². The zero-order valence-corrected chi connectivity index (χ0v) is 26.3. The van der Waals surface area contributed by atoms with Gasteiger partial charge in [-0.05, 0) is 19.4 Å². The van der Waals surface area contributed by atoms with Crippen LogP contribution >= 0.6 is 0 Å². The Bertz CT molecular complexity index is 1210. The fourth-order valence-electron chi connectivity index (χ4n) is 3.39. The molecule has 2 radical (unpaired) electrons. The maximum atomic E-state index is 10.6. The van der Waals surface area contributed by atoms with Gasteiger partial charge in [-0.1, -0.05) is 106 Å². The van der Waals surface area contributed by atoms with Crippen LogP contribution in [0.15, 0.2) is 121 Å². The van der Waals surface area contributed by atoms with Gasteiger partial charge in [0, 0.05) is 0 Å². The molecule has 180 valence electrons. The summed E-state index contributed by atoms with van der Waals surface area (Å²) in [6.45, 7) is 3.83. The Morgan fingerprint density at radius 2 is 1.17 bits per heavy atom. The molecular formula is C30H27Cl2HfNOSi. The second-order valence-corrected chi connectivity index (χ2v) is 9.12. The molecule has 5 rings (SSSR count). The van der Waals surface area contributed by atoms with Gasteiger partial charge in [-0.2, -0.15) is 17.5 Å². The summed E-state index contributed by atoms with van der Waals surface area (Å²) in [5.41, 5.74) is 9.40. The van der Waals surface area contributed by atoms with Crippen molar-refractivity contribution >= 4 is 36.6 Å². The number of halogens is 2. The standard InChI is InChI=1S/C12H10Si.C9H11NO.C9H7.2ClH.Hf/c1-3-7-11(8-4-1)13-12-9-5-2-6-10-12;1-6-3-7(2)5-8(4-6)9(10)11;1-2-5-9-7-3-6-8(9)4-1;;;/h1-10H;3-5H,1-2H3,(H2,10,11);1-7H;2*1H;/q;;-1;;;+4/p-3. The molecule has 36 heavy (non-hydrogen) atoms. The maximum Gasteiger partial charge on any atom is 4.00 e. The van der Waals surface area contributed by atoms with Crippen LogP contribution in [-0.2, 0) is 25.8 Å². The fraction of sp³-hybridized carbons (Fsp3) is 0.0667. The summed E-state index contributed by atoms with van der Waals surface area (Å²) in [7, 11) is 0.777. The minimum atomic E-state index is -0.614. The number of rotatable bonds is 3. The van der Waals surface area contributed by atoms with Gasteiger partial charge in [-0.25, -0.2) is 0 Å². The number of nitrogens with one attached hydrogen (secondary N) is 1. The number of amides is 1. The summed E-state index contributed by atoms with van der Waals surface area (Å²) in [6, 6.07) is 41.3. The van der Waals surface area contributed by atoms with E-state index in [0.29, 0.717) is 5.56 Å². The Balaban J connectivity index is 0.000000497. The average molecular weight is 695 g/mol. The summed E-state index contributed by atoms with van der Waals surface area (Å²) in [6.07, 6.45) is 0. The van der Waals surface area contributed by atoms with Crippen molar-refractivity contribution in [1.29, 1.82) is 0 Å². The first-order valence-electron chi connectivity index (χ1n) is 10.8. The molecule has 0 saturated carbocycles. The summed E-state index contributed by atoms with van der Waals surface area (Å²) < 4.78 is 0. The normalized spacial score (nSPS) is 9.06. The first-order chi connectivity index (χ1) is 16.0. The maximum absolute atomic E-state index is 10.6. The van der Waals surface area contributed by atoms with E-state index in [-0.39, 0.29) is 50.7 Å². The number of hydrogen-bond acceptors (Lipinski definition) is 1. The molecule has 1 N–H and O–H groups in total. The van der Waals surface area contributed by atoms with Gasteiger partial charge in [0.1, 0.15) is 9.52 Å². The molecule has 0 unspecified atom stereocenters. The Morgan fingerprint density at radius 3 is 1.64 bits per heavy atom. The van der Waals surface area contributed by atoms with Gasteiger partial charge in [0.05, 0.1) is 5.91 Å². The van der Waals surface area contributed by atoms with Gasteiger partial charge in [0.2, 0.25) is 0 Å². The van der Waals surface area contributed by atoms with Crippen LogP contribution in [0.3, 0.4) is 0 Å². The minimum Gasteiger partial charge on any atom is -1.00 e. The molecule has 0 aliphatic heterocycles. The molecule has 0 saturated heterocycles. The number of carbonyl (C=O) groups excluding carboxylic acids is 1. The third-order valence-corrected chi connectivity index (χ3v) is 6.11. The van der Waals surface area contributed by atoms with Crippen LogP contribution in [0.5, 0.6) is 0 Å². The molecule has 5 aromatic carbocycles. The van der Waals surface area contributed by atoms with Gasteiger partial charge in [0.25, 0.3) is 0 Å². The van der Waals surface area contributed by atoms with Crippen LogP contribution in [0, 0.1) is 13.8 Å². The van der Waals surface area contributed by atoms with Crippen molar-refractivity contribution in [2.45, 2.75) is 13.8 Å². The van der Waals surface area contributed by atoms with Crippen molar-refractivity contribution < 1.29 is 55.5 Å². The molecule has 0 bridgehead atoms. The van der Waals surface area contributed by atoms with Crippen LogP contribution in [0.2, 0.25) is 0 Å². The molecular weight excluding hydrogens is 668 g/mol. The molecule has 0 atom stereocenters. The fourth-order valence-corrected chi connectivity index (χ4v) is 4.44. The molecule has 5 aromatic rings. The topological polar surface area (TPSA) is 40.9 Å². The monoisotopic (exact) mass is 695 g/mol. The van der Waals surface area contributed by atoms with E-state index in [1.165, 1.54) is 21.1 Å². The van der Waals surface area contributed by atoms with Crippen LogP contribution in [0.4, 0.5) is 0 Å². The van der Waals surface area contributed by atoms with Crippen molar-refractivity contribution in [2.24, 2.45) is 0 Å². The Morgan fingerprint density at radius 1 is 0.694 bits per heavy atom. The predicted molar refractivity (Wildman–Crippen MR) is 142 cm³/mol. The van der Waals surface area contributed by atoms with E-state index in [2.05, 4.69) is 103 Å². The van der Waals surface area contributed by atoms with E-state index in [0.717, 1.165) is 20.6 Å². The van der Waals surface area contributed by atoms with Gasteiger partial charge >= 0.3 is 25.8 Å². The number of hydrogen-bond donors (Lipinski definition) is 0. The van der Waals surface area contributed by atoms with Crippen LogP contribution in [0.25, 0.3) is 16.5 Å². The van der Waals surface area contributed by atoms with E-state index in [9.17, 15) is 4.79 Å². The van der Waals surface area contributed by atoms with Crippen molar-refractivity contribution in [3.05, 3.63) is 144 Å². The Hall–Kier alpha value is -2.37. The van der Waals surface area contributed by atoms with Crippen LogP contribution < -0.4 is 35.2 Å². The van der Waals surface area contributed by atoms with Crippen molar-refractivity contribution in [2.75, 3.05) is 0 Å². The summed E-state index contributed by atoms with van der Waals surface area (Å²) in [4.78, 5) is 10.6. The first-order valence-corrected chi connectivity index (χ1v) is 11.8. The van der Waals surface area contributed by atoms with E-state index in [1.54, 1.807) is 12.1 Å². The molecule has 2 nitrogen and oxygen atoms in total. The third kappa shape index (κ3) is 11.6. The molecule has 0 aliphatic rings. The zero-order valence-electron chi connectivity index (χ0n) is 20.2. The van der Waals surface area contributed by atoms with E-state index >= 15 is 0 Å². The summed E-state index contributed by atoms with van der Waals surface area (Å²) in [5, 5.41) is 5.46. The Kier molecular flexibility index (Phi) is 16.8. The molecule has 0 fully saturated rings. The molecule has 0 spiro atoms. The van der Waals surface area contributed by atoms with Crippen molar-refractivity contribution in [3.63, 3.8) is 0 Å². The average Bonchev–Trinajstić information content (AvgIpc) is 3.30. The first kappa shape index (κ1) is 33.6. The number of aryl methyl sites for hydroxylation is 2. The quantitative estimate of drug-likeness (QED) is 0.199. The Labute approximate surface area is 248 Å². The molecule has 0 aliphatic carbocycles. The predicted octanol–water partition coefficient (Wildman–Crippen LogP) is 0.402. The summed E-state index contributed by atoms with van der Waals surface area (Å²) >= 11 is 0. The van der Waals surface area contributed by atoms with Crippen LogP contribution in [0.1, 0.15) is 21.5 Å². The molecule has 0 aromatic heterocycles. The van der Waals surface area contributed by atoms with Gasteiger partial charge in [-0.3, -0.25) is 0 Å². The van der Waals surface area contributed by atoms with E-state index in [1.807, 2.05) is 19.9 Å². The van der Waals surface area contributed by atoms with Crippen molar-refractivity contribution in [1.82, 2.24) is 0 Å². The van der Waals surface area contributed by atoms with Crippen molar-refractivity contribution in [3.8, 4) is 0 Å². The number of benzene rings is 4. The second-order valence-electron chi connectivity index (χ2n) is 7.72. The largest absolute Gasteiger partial charge is 4.00 e. The van der Waals surface area contributed by atoms with E-state index in [4.69, 9.17) is 5.73 Å². The summed E-state index contributed by atoms with van der Waals surface area (Å²) in [5.74, 6) is -0.614.